The Kier molecular flexibility index (Phi) is 5.89. The van der Waals surface area contributed by atoms with Crippen molar-refractivity contribution in [1.29, 1.82) is 0 Å². The molecule has 0 bridgehead atoms. The third-order valence-electron chi connectivity index (χ3n) is 3.52. The summed E-state index contributed by atoms with van der Waals surface area (Å²) in [4.78, 5) is 24.3. The third-order valence-corrected chi connectivity index (χ3v) is 3.76. The molecule has 1 atom stereocenters. The Morgan fingerprint density at radius 1 is 1.25 bits per heavy atom. The fraction of sp³-hybridized carbons (Fsp3) is 0.235. The maximum absolute atomic E-state index is 12.6. The van der Waals surface area contributed by atoms with Crippen molar-refractivity contribution in [3.63, 3.8) is 0 Å². The molecule has 24 heavy (non-hydrogen) atoms. The van der Waals surface area contributed by atoms with Crippen LogP contribution in [-0.2, 0) is 0 Å². The largest absolute Gasteiger partial charge is 0.339 e. The van der Waals surface area contributed by atoms with Gasteiger partial charge >= 0.3 is 0 Å². The molecule has 0 saturated heterocycles. The van der Waals surface area contributed by atoms with E-state index in [0.717, 1.165) is 10.5 Å². The predicted octanol–water partition coefficient (Wildman–Crippen LogP) is 1.86. The van der Waals surface area contributed by atoms with Crippen LogP contribution in [0.15, 0.2) is 48.5 Å². The number of amides is 1. The highest BCUT2D eigenvalue weighted by molar-refractivity contribution is 6.31. The topological polar surface area (TPSA) is 76.7 Å². The van der Waals surface area contributed by atoms with Gasteiger partial charge in [-0.1, -0.05) is 41.9 Å². The van der Waals surface area contributed by atoms with Crippen LogP contribution in [0.3, 0.4) is 0 Å². The van der Waals surface area contributed by atoms with Gasteiger partial charge in [0.25, 0.3) is 11.6 Å². The number of nitro groups is 1. The van der Waals surface area contributed by atoms with E-state index in [1.54, 1.807) is 0 Å². The van der Waals surface area contributed by atoms with Crippen LogP contribution in [0.25, 0.3) is 0 Å². The SMILES string of the molecule is C[NH+](C)C[C@@H](NC(=O)c1ccc(Cl)cc1[N+](=O)[O-])c1ccccc1. The molecule has 0 fully saturated rings. The number of carbonyl (C=O) groups excluding carboxylic acids is 1. The van der Waals surface area contributed by atoms with E-state index >= 15 is 0 Å². The number of halogens is 1. The average Bonchev–Trinajstić information content (AvgIpc) is 2.54. The van der Waals surface area contributed by atoms with E-state index in [0.29, 0.717) is 6.54 Å². The maximum Gasteiger partial charge on any atom is 0.283 e. The Bertz CT molecular complexity index is 735. The van der Waals surface area contributed by atoms with Crippen molar-refractivity contribution >= 4 is 23.2 Å². The molecule has 2 rings (SSSR count). The molecule has 0 aliphatic carbocycles. The molecule has 6 nitrogen and oxygen atoms in total. The molecular weight excluding hydrogens is 330 g/mol. The number of nitrogens with one attached hydrogen (secondary N) is 2. The molecule has 0 aromatic heterocycles. The molecule has 0 radical (unpaired) electrons. The lowest BCUT2D eigenvalue weighted by Gasteiger charge is -2.21. The number of hydrogen-bond acceptors (Lipinski definition) is 3. The fourth-order valence-electron chi connectivity index (χ4n) is 2.43. The molecule has 0 aliphatic rings. The van der Waals surface area contributed by atoms with Gasteiger partial charge in [0.1, 0.15) is 18.2 Å². The first-order chi connectivity index (χ1) is 11.4. The van der Waals surface area contributed by atoms with E-state index in [1.165, 1.54) is 18.2 Å². The smallest absolute Gasteiger partial charge is 0.283 e. The third kappa shape index (κ3) is 4.53. The fourth-order valence-corrected chi connectivity index (χ4v) is 2.60. The summed E-state index contributed by atoms with van der Waals surface area (Å²) in [5, 5.41) is 14.3. The Morgan fingerprint density at radius 3 is 2.50 bits per heavy atom. The Balaban J connectivity index is 2.30. The van der Waals surface area contributed by atoms with E-state index in [4.69, 9.17) is 11.6 Å². The summed E-state index contributed by atoms with van der Waals surface area (Å²) in [5.41, 5.74) is 0.645. The van der Waals surface area contributed by atoms with Gasteiger partial charge in [0, 0.05) is 11.1 Å². The van der Waals surface area contributed by atoms with E-state index in [1.807, 2.05) is 44.4 Å². The van der Waals surface area contributed by atoms with Crippen molar-refractivity contribution < 1.29 is 14.6 Å². The van der Waals surface area contributed by atoms with Crippen LogP contribution in [-0.4, -0.2) is 31.5 Å². The summed E-state index contributed by atoms with van der Waals surface area (Å²) < 4.78 is 0. The number of nitro benzene ring substituents is 1. The summed E-state index contributed by atoms with van der Waals surface area (Å²) >= 11 is 5.80. The highest BCUT2D eigenvalue weighted by Crippen LogP contribution is 2.24. The zero-order chi connectivity index (χ0) is 17.7. The minimum atomic E-state index is -0.602. The van der Waals surface area contributed by atoms with Crippen LogP contribution in [0, 0.1) is 10.1 Å². The van der Waals surface area contributed by atoms with E-state index in [-0.39, 0.29) is 22.3 Å². The van der Waals surface area contributed by atoms with Gasteiger partial charge in [-0.05, 0) is 17.7 Å². The number of rotatable bonds is 6. The average molecular weight is 349 g/mol. The summed E-state index contributed by atoms with van der Waals surface area (Å²) in [6.45, 7) is 0.650. The summed E-state index contributed by atoms with van der Waals surface area (Å²) in [6.07, 6.45) is 0. The molecule has 2 aromatic rings. The lowest BCUT2D eigenvalue weighted by molar-refractivity contribution is -0.860. The summed E-state index contributed by atoms with van der Waals surface area (Å²) in [6, 6.07) is 13.3. The lowest BCUT2D eigenvalue weighted by atomic mass is 10.1. The molecule has 1 amide bonds. The minimum Gasteiger partial charge on any atom is -0.339 e. The second-order valence-corrected chi connectivity index (χ2v) is 6.20. The molecule has 0 saturated carbocycles. The highest BCUT2D eigenvalue weighted by Gasteiger charge is 2.24. The number of benzene rings is 2. The Hall–Kier alpha value is -2.44. The van der Waals surface area contributed by atoms with Gasteiger partial charge < -0.3 is 10.2 Å². The van der Waals surface area contributed by atoms with Crippen molar-refractivity contribution in [3.05, 3.63) is 74.8 Å². The van der Waals surface area contributed by atoms with Crippen LogP contribution in [0.5, 0.6) is 0 Å². The lowest BCUT2D eigenvalue weighted by Crippen LogP contribution is -3.06. The zero-order valence-electron chi connectivity index (χ0n) is 13.5. The van der Waals surface area contributed by atoms with Crippen molar-refractivity contribution in [2.75, 3.05) is 20.6 Å². The first-order valence-corrected chi connectivity index (χ1v) is 7.85. The number of hydrogen-bond donors (Lipinski definition) is 2. The van der Waals surface area contributed by atoms with Crippen molar-refractivity contribution in [2.24, 2.45) is 0 Å². The van der Waals surface area contributed by atoms with E-state index < -0.39 is 10.8 Å². The monoisotopic (exact) mass is 348 g/mol. The minimum absolute atomic E-state index is 0.000845. The molecule has 2 aromatic carbocycles. The predicted molar refractivity (Wildman–Crippen MR) is 92.4 cm³/mol. The number of likely N-dealkylation sites (N-methyl/N-ethyl adjacent to an activating group) is 1. The normalized spacial score (nSPS) is 12.0. The quantitative estimate of drug-likeness (QED) is 0.618. The number of quaternary nitrogens is 1. The molecular formula is C17H19ClN3O3+. The molecule has 0 heterocycles. The first kappa shape index (κ1) is 17.9. The second-order valence-electron chi connectivity index (χ2n) is 5.77. The van der Waals surface area contributed by atoms with Crippen LogP contribution < -0.4 is 10.2 Å². The molecule has 2 N–H and O–H groups in total. The molecule has 126 valence electrons. The van der Waals surface area contributed by atoms with Crippen molar-refractivity contribution in [2.45, 2.75) is 6.04 Å². The van der Waals surface area contributed by atoms with Gasteiger partial charge in [-0.3, -0.25) is 14.9 Å². The number of nitrogens with zero attached hydrogens (tertiary/aromatic N) is 1. The molecule has 7 heteroatoms. The Morgan fingerprint density at radius 2 is 1.92 bits per heavy atom. The van der Waals surface area contributed by atoms with Crippen LogP contribution in [0.2, 0.25) is 5.02 Å². The van der Waals surface area contributed by atoms with Gasteiger partial charge in [-0.25, -0.2) is 0 Å². The second kappa shape index (κ2) is 7.90. The van der Waals surface area contributed by atoms with Gasteiger partial charge in [0.15, 0.2) is 0 Å². The van der Waals surface area contributed by atoms with E-state index in [9.17, 15) is 14.9 Å². The summed E-state index contributed by atoms with van der Waals surface area (Å²) in [5.74, 6) is -0.492. The van der Waals surface area contributed by atoms with E-state index in [2.05, 4.69) is 5.32 Å². The Labute approximate surface area is 145 Å². The molecule has 0 aliphatic heterocycles. The van der Waals surface area contributed by atoms with Crippen molar-refractivity contribution in [1.82, 2.24) is 5.32 Å². The zero-order valence-corrected chi connectivity index (χ0v) is 14.2. The van der Waals surface area contributed by atoms with Gasteiger partial charge in [-0.2, -0.15) is 0 Å². The maximum atomic E-state index is 12.6. The van der Waals surface area contributed by atoms with Gasteiger partial charge in [0.05, 0.1) is 19.0 Å². The highest BCUT2D eigenvalue weighted by atomic mass is 35.5. The van der Waals surface area contributed by atoms with Gasteiger partial charge in [0.2, 0.25) is 0 Å². The van der Waals surface area contributed by atoms with Gasteiger partial charge in [-0.15, -0.1) is 0 Å². The molecule has 0 spiro atoms. The molecule has 0 unspecified atom stereocenters. The standard InChI is InChI=1S/C17H18ClN3O3/c1-20(2)11-15(12-6-4-3-5-7-12)19-17(22)14-9-8-13(18)10-16(14)21(23)24/h3-10,15H,11H2,1-2H3,(H,19,22)/p+1/t15-/m1/s1. The number of carbonyl (C=O) groups is 1. The van der Waals surface area contributed by atoms with Crippen LogP contribution in [0.1, 0.15) is 22.0 Å². The summed E-state index contributed by atoms with van der Waals surface area (Å²) in [7, 11) is 3.96. The van der Waals surface area contributed by atoms with Crippen LogP contribution in [0.4, 0.5) is 5.69 Å². The first-order valence-electron chi connectivity index (χ1n) is 7.47. The van der Waals surface area contributed by atoms with Crippen molar-refractivity contribution in [3.8, 4) is 0 Å². The van der Waals surface area contributed by atoms with Crippen LogP contribution >= 0.6 is 11.6 Å².